The van der Waals surface area contributed by atoms with Crippen LogP contribution in [0.5, 0.6) is 0 Å². The van der Waals surface area contributed by atoms with Gasteiger partial charge in [0.25, 0.3) is 0 Å². The number of nitrogens with zero attached hydrogens (tertiary/aromatic N) is 1. The van der Waals surface area contributed by atoms with Crippen molar-refractivity contribution in [2.45, 2.75) is 19.6 Å². The molecule has 0 aromatic heterocycles. The monoisotopic (exact) mass is 290 g/mol. The van der Waals surface area contributed by atoms with E-state index in [0.717, 1.165) is 17.2 Å². The van der Waals surface area contributed by atoms with E-state index in [1.165, 1.54) is 12.1 Å². The van der Waals surface area contributed by atoms with Gasteiger partial charge in [-0.3, -0.25) is 0 Å². The Kier molecular flexibility index (Phi) is 4.18. The van der Waals surface area contributed by atoms with Gasteiger partial charge in [0.15, 0.2) is 0 Å². The summed E-state index contributed by atoms with van der Waals surface area (Å²) in [6.07, 6.45) is -4.51. The second-order valence-corrected chi connectivity index (χ2v) is 4.71. The summed E-state index contributed by atoms with van der Waals surface area (Å²) in [4.78, 5) is 0. The molecule has 0 aliphatic carbocycles. The Morgan fingerprint density at radius 1 is 1.14 bits per heavy atom. The Balaban J connectivity index is 2.17. The van der Waals surface area contributed by atoms with Crippen molar-refractivity contribution in [3.63, 3.8) is 0 Å². The van der Waals surface area contributed by atoms with Crippen LogP contribution in [0.2, 0.25) is 0 Å². The minimum absolute atomic E-state index is 0.378. The van der Waals surface area contributed by atoms with E-state index in [1.807, 2.05) is 31.2 Å². The number of alkyl halides is 3. The summed E-state index contributed by atoms with van der Waals surface area (Å²) in [5, 5.41) is 11.9. The van der Waals surface area contributed by atoms with Crippen molar-refractivity contribution in [1.82, 2.24) is 0 Å². The molecule has 21 heavy (non-hydrogen) atoms. The molecule has 0 atom stereocenters. The van der Waals surface area contributed by atoms with Crippen molar-refractivity contribution in [2.24, 2.45) is 0 Å². The smallest absolute Gasteiger partial charge is 0.381 e. The first-order chi connectivity index (χ1) is 9.90. The van der Waals surface area contributed by atoms with E-state index in [9.17, 15) is 13.2 Å². The minimum atomic E-state index is -4.51. The highest BCUT2D eigenvalue weighted by Gasteiger charge is 2.33. The van der Waals surface area contributed by atoms with Crippen LogP contribution in [-0.4, -0.2) is 0 Å². The van der Waals surface area contributed by atoms with E-state index < -0.39 is 11.7 Å². The van der Waals surface area contributed by atoms with Crippen molar-refractivity contribution in [3.05, 3.63) is 64.7 Å². The Morgan fingerprint density at radius 2 is 1.90 bits per heavy atom. The van der Waals surface area contributed by atoms with E-state index in [-0.39, 0.29) is 5.56 Å². The van der Waals surface area contributed by atoms with Crippen molar-refractivity contribution in [2.75, 3.05) is 5.32 Å². The zero-order valence-electron chi connectivity index (χ0n) is 11.3. The fourth-order valence-electron chi connectivity index (χ4n) is 2.02. The van der Waals surface area contributed by atoms with E-state index in [1.54, 1.807) is 6.07 Å². The molecular formula is C16H13F3N2. The highest BCUT2D eigenvalue weighted by Crippen LogP contribution is 2.33. The molecule has 0 saturated heterocycles. The molecule has 0 radical (unpaired) electrons. The Bertz CT molecular complexity index is 685. The van der Waals surface area contributed by atoms with Gasteiger partial charge in [-0.2, -0.15) is 18.4 Å². The number of halogens is 3. The molecule has 0 aliphatic heterocycles. The second kappa shape index (κ2) is 5.88. The van der Waals surface area contributed by atoms with Crippen LogP contribution in [0.4, 0.5) is 18.9 Å². The van der Waals surface area contributed by atoms with Gasteiger partial charge in [0.1, 0.15) is 0 Å². The molecule has 0 fully saturated rings. The summed E-state index contributed by atoms with van der Waals surface area (Å²) in [5.74, 6) is 0. The van der Waals surface area contributed by atoms with Crippen LogP contribution in [0.25, 0.3) is 0 Å². The summed E-state index contributed by atoms with van der Waals surface area (Å²) in [5.41, 5.74) is 1.33. The third kappa shape index (κ3) is 3.76. The molecule has 108 valence electrons. The lowest BCUT2D eigenvalue weighted by atomic mass is 10.1. The van der Waals surface area contributed by atoms with Gasteiger partial charge < -0.3 is 5.32 Å². The molecule has 0 aliphatic rings. The van der Waals surface area contributed by atoms with Gasteiger partial charge in [-0.05, 0) is 30.7 Å². The van der Waals surface area contributed by atoms with Gasteiger partial charge in [-0.25, -0.2) is 0 Å². The van der Waals surface area contributed by atoms with Crippen LogP contribution in [0, 0.1) is 18.3 Å². The average molecular weight is 290 g/mol. The first-order valence-electron chi connectivity index (χ1n) is 6.31. The Hall–Kier alpha value is -2.48. The summed E-state index contributed by atoms with van der Waals surface area (Å²) in [6.45, 7) is 2.45. The molecule has 0 unspecified atom stereocenters. The quantitative estimate of drug-likeness (QED) is 0.903. The Labute approximate surface area is 120 Å². The lowest BCUT2D eigenvalue weighted by Gasteiger charge is -2.12. The maximum Gasteiger partial charge on any atom is 0.417 e. The van der Waals surface area contributed by atoms with Gasteiger partial charge >= 0.3 is 6.18 Å². The van der Waals surface area contributed by atoms with Gasteiger partial charge in [-0.15, -0.1) is 0 Å². The van der Waals surface area contributed by atoms with Crippen molar-refractivity contribution in [1.29, 1.82) is 5.26 Å². The molecular weight excluding hydrogens is 277 g/mol. The van der Waals surface area contributed by atoms with Crippen molar-refractivity contribution >= 4 is 5.69 Å². The fraction of sp³-hybridized carbons (Fsp3) is 0.188. The number of hydrogen-bond donors (Lipinski definition) is 1. The minimum Gasteiger partial charge on any atom is -0.381 e. The summed E-state index contributed by atoms with van der Waals surface area (Å²) in [6, 6.07) is 12.9. The molecule has 5 heteroatoms. The van der Waals surface area contributed by atoms with Crippen molar-refractivity contribution in [3.8, 4) is 6.07 Å². The maximum atomic E-state index is 12.7. The third-order valence-electron chi connectivity index (χ3n) is 3.02. The predicted molar refractivity (Wildman–Crippen MR) is 74.7 cm³/mol. The van der Waals surface area contributed by atoms with Gasteiger partial charge in [0.2, 0.25) is 0 Å². The average Bonchev–Trinajstić information content (AvgIpc) is 2.44. The summed E-state index contributed by atoms with van der Waals surface area (Å²) >= 11 is 0. The van der Waals surface area contributed by atoms with E-state index >= 15 is 0 Å². The molecule has 0 spiro atoms. The normalized spacial score (nSPS) is 11.0. The molecule has 2 rings (SSSR count). The second-order valence-electron chi connectivity index (χ2n) is 4.71. The lowest BCUT2D eigenvalue weighted by molar-refractivity contribution is -0.137. The number of rotatable bonds is 3. The van der Waals surface area contributed by atoms with Crippen LogP contribution >= 0.6 is 0 Å². The van der Waals surface area contributed by atoms with E-state index in [4.69, 9.17) is 5.26 Å². The number of benzene rings is 2. The first kappa shape index (κ1) is 14.9. The van der Waals surface area contributed by atoms with Crippen molar-refractivity contribution < 1.29 is 13.2 Å². The SMILES string of the molecule is Cc1cccc(CNc2ccc(C(F)(F)F)c(C#N)c2)c1. The highest BCUT2D eigenvalue weighted by atomic mass is 19.4. The van der Waals surface area contributed by atoms with Crippen LogP contribution in [0.15, 0.2) is 42.5 Å². The van der Waals surface area contributed by atoms with Gasteiger partial charge in [0, 0.05) is 12.2 Å². The number of hydrogen-bond acceptors (Lipinski definition) is 2. The highest BCUT2D eigenvalue weighted by molar-refractivity contribution is 5.53. The van der Waals surface area contributed by atoms with E-state index in [2.05, 4.69) is 5.32 Å². The largest absolute Gasteiger partial charge is 0.417 e. The molecule has 2 aromatic carbocycles. The summed E-state index contributed by atoms with van der Waals surface area (Å²) in [7, 11) is 0. The zero-order valence-corrected chi connectivity index (χ0v) is 11.3. The van der Waals surface area contributed by atoms with Gasteiger partial charge in [0.05, 0.1) is 17.2 Å². The van der Waals surface area contributed by atoms with Crippen LogP contribution in [0.3, 0.4) is 0 Å². The molecule has 1 N–H and O–H groups in total. The Morgan fingerprint density at radius 3 is 2.52 bits per heavy atom. The fourth-order valence-corrected chi connectivity index (χ4v) is 2.02. The number of anilines is 1. The third-order valence-corrected chi connectivity index (χ3v) is 3.02. The molecule has 2 nitrogen and oxygen atoms in total. The predicted octanol–water partition coefficient (Wildman–Crippen LogP) is 4.50. The molecule has 0 bridgehead atoms. The van der Waals surface area contributed by atoms with Gasteiger partial charge in [-0.1, -0.05) is 29.8 Å². The van der Waals surface area contributed by atoms with E-state index in [0.29, 0.717) is 12.2 Å². The standard InChI is InChI=1S/C16H13F3N2/c1-11-3-2-4-12(7-11)10-21-14-5-6-15(16(17,18)19)13(8-14)9-20/h2-8,21H,10H2,1H3. The molecule has 0 saturated carbocycles. The maximum absolute atomic E-state index is 12.7. The lowest BCUT2D eigenvalue weighted by Crippen LogP contribution is -2.08. The van der Waals surface area contributed by atoms with Crippen LogP contribution in [0.1, 0.15) is 22.3 Å². The molecule has 0 amide bonds. The molecule has 2 aromatic rings. The summed E-state index contributed by atoms with van der Waals surface area (Å²) < 4.78 is 38.1. The van der Waals surface area contributed by atoms with Crippen LogP contribution < -0.4 is 5.32 Å². The number of nitriles is 1. The number of nitrogens with one attached hydrogen (secondary N) is 1. The zero-order chi connectivity index (χ0) is 15.5. The first-order valence-corrected chi connectivity index (χ1v) is 6.31. The number of aryl methyl sites for hydroxylation is 1. The topological polar surface area (TPSA) is 35.8 Å². The van der Waals surface area contributed by atoms with Crippen LogP contribution in [-0.2, 0) is 12.7 Å². The molecule has 0 heterocycles.